The maximum Gasteiger partial charge on any atom is 0.221 e. The first-order valence-corrected chi connectivity index (χ1v) is 9.32. The van der Waals surface area contributed by atoms with E-state index in [9.17, 15) is 10.2 Å². The number of aliphatic hydroxyl groups excluding tert-OH is 1. The number of fused-ring (bicyclic) bond motifs is 1. The van der Waals surface area contributed by atoms with Gasteiger partial charge in [0.1, 0.15) is 6.10 Å². The van der Waals surface area contributed by atoms with Gasteiger partial charge >= 0.3 is 0 Å². The maximum atomic E-state index is 11.3. The molecular weight excluding hydrogens is 304 g/mol. The van der Waals surface area contributed by atoms with Crippen LogP contribution in [-0.4, -0.2) is 40.4 Å². The van der Waals surface area contributed by atoms with Crippen molar-refractivity contribution in [2.45, 2.75) is 83.4 Å². The van der Waals surface area contributed by atoms with Crippen molar-refractivity contribution in [1.82, 2.24) is 0 Å². The molecule has 6 bridgehead atoms. The molecule has 24 heavy (non-hydrogen) atoms. The summed E-state index contributed by atoms with van der Waals surface area (Å²) < 4.78 is 12.3. The van der Waals surface area contributed by atoms with Crippen LogP contribution in [0.1, 0.15) is 59.8 Å². The topological polar surface area (TPSA) is 58.9 Å². The second kappa shape index (κ2) is 5.16. The molecule has 1 saturated heterocycles. The summed E-state index contributed by atoms with van der Waals surface area (Å²) in [7, 11) is 0. The predicted molar refractivity (Wildman–Crippen MR) is 91.3 cm³/mol. The lowest BCUT2D eigenvalue weighted by Gasteiger charge is -2.54. The Hall–Kier alpha value is -0.680. The maximum absolute atomic E-state index is 11.3. The average Bonchev–Trinajstić information content (AvgIpc) is 2.88. The molecule has 4 heterocycles. The van der Waals surface area contributed by atoms with Crippen LogP contribution in [0.5, 0.6) is 0 Å². The van der Waals surface area contributed by atoms with E-state index in [-0.39, 0.29) is 11.5 Å². The standard InChI is InChI=1S/C20H30O4/c1-12-6-5-8-19(4)17(21)20(22)16-14(11-23-20)18(3,9-7-12)13(2)10-15(16)24-19/h6,13,15,17,21-22H,5,7-11H2,1-4H3/b12-6+/t13-,15-,17+,18?,19+,20+/m1/s1. The van der Waals surface area contributed by atoms with Crippen LogP contribution in [0.15, 0.2) is 22.8 Å². The van der Waals surface area contributed by atoms with Crippen LogP contribution in [0.2, 0.25) is 0 Å². The van der Waals surface area contributed by atoms with Crippen molar-refractivity contribution < 1.29 is 19.7 Å². The SMILES string of the molecule is C/C1=C\CC[C@]2(C)O[C@@H]3C[C@@H](C)C(C)(CC1)C1=C3[C@](O)(OC1)[C@H]2O. The summed E-state index contributed by atoms with van der Waals surface area (Å²) in [5.41, 5.74) is 2.60. The van der Waals surface area contributed by atoms with Gasteiger partial charge in [0.25, 0.3) is 0 Å². The Kier molecular flexibility index (Phi) is 3.61. The fraction of sp³-hybridized carbons (Fsp3) is 0.800. The van der Waals surface area contributed by atoms with Crippen LogP contribution in [-0.2, 0) is 9.47 Å². The Morgan fingerprint density at radius 2 is 2.00 bits per heavy atom. The van der Waals surface area contributed by atoms with Gasteiger partial charge in [0, 0.05) is 5.57 Å². The molecule has 6 atom stereocenters. The molecule has 4 aliphatic heterocycles. The van der Waals surface area contributed by atoms with E-state index in [1.165, 1.54) is 11.1 Å². The molecule has 0 aromatic carbocycles. The van der Waals surface area contributed by atoms with Crippen LogP contribution in [0.25, 0.3) is 0 Å². The molecule has 1 unspecified atom stereocenters. The third-order valence-electron chi connectivity index (χ3n) is 7.35. The lowest BCUT2D eigenvalue weighted by molar-refractivity contribution is -0.304. The highest BCUT2D eigenvalue weighted by Gasteiger charge is 2.64. The van der Waals surface area contributed by atoms with Crippen LogP contribution >= 0.6 is 0 Å². The van der Waals surface area contributed by atoms with Gasteiger partial charge in [-0.1, -0.05) is 25.5 Å². The molecule has 2 N–H and O–H groups in total. The molecule has 0 radical (unpaired) electrons. The van der Waals surface area contributed by atoms with Crippen LogP contribution in [0.3, 0.4) is 0 Å². The third-order valence-corrected chi connectivity index (χ3v) is 7.35. The summed E-state index contributed by atoms with van der Waals surface area (Å²) in [6.07, 6.45) is 5.60. The van der Waals surface area contributed by atoms with E-state index in [1.54, 1.807) is 0 Å². The Morgan fingerprint density at radius 3 is 2.75 bits per heavy atom. The molecular formula is C20H30O4. The minimum atomic E-state index is -1.58. The third kappa shape index (κ3) is 2.06. The molecule has 0 spiro atoms. The zero-order chi connectivity index (χ0) is 17.3. The van der Waals surface area contributed by atoms with Gasteiger partial charge in [-0.3, -0.25) is 0 Å². The molecule has 1 fully saturated rings. The molecule has 4 heteroatoms. The summed E-state index contributed by atoms with van der Waals surface area (Å²) >= 11 is 0. The highest BCUT2D eigenvalue weighted by atomic mass is 16.7. The van der Waals surface area contributed by atoms with Gasteiger partial charge in [0.2, 0.25) is 5.79 Å². The van der Waals surface area contributed by atoms with Crippen molar-refractivity contribution in [2.24, 2.45) is 11.3 Å². The van der Waals surface area contributed by atoms with Gasteiger partial charge in [0.15, 0.2) is 0 Å². The molecule has 0 aromatic heterocycles. The lowest BCUT2D eigenvalue weighted by Crippen LogP contribution is -2.65. The Bertz CT molecular complexity index is 623. The molecule has 134 valence electrons. The number of hydrogen-bond donors (Lipinski definition) is 2. The van der Waals surface area contributed by atoms with Gasteiger partial charge in [0.05, 0.1) is 18.3 Å². The Labute approximate surface area is 144 Å². The summed E-state index contributed by atoms with van der Waals surface area (Å²) in [5, 5.41) is 22.3. The van der Waals surface area contributed by atoms with Crippen LogP contribution in [0.4, 0.5) is 0 Å². The number of ether oxygens (including phenoxy) is 2. The zero-order valence-electron chi connectivity index (χ0n) is 15.3. The van der Waals surface area contributed by atoms with E-state index in [0.717, 1.165) is 31.3 Å². The van der Waals surface area contributed by atoms with Gasteiger partial charge in [-0.05, 0) is 62.9 Å². The predicted octanol–water partition coefficient (Wildman–Crippen LogP) is 3.09. The molecule has 2 aliphatic carbocycles. The van der Waals surface area contributed by atoms with Crippen molar-refractivity contribution >= 4 is 0 Å². The molecule has 4 nitrogen and oxygen atoms in total. The van der Waals surface area contributed by atoms with Gasteiger partial charge in [-0.25, -0.2) is 0 Å². The first-order valence-electron chi connectivity index (χ1n) is 9.32. The lowest BCUT2D eigenvalue weighted by atomic mass is 9.60. The van der Waals surface area contributed by atoms with Crippen molar-refractivity contribution in [3.8, 4) is 0 Å². The van der Waals surface area contributed by atoms with Gasteiger partial charge in [-0.2, -0.15) is 0 Å². The van der Waals surface area contributed by atoms with E-state index in [1.807, 2.05) is 6.92 Å². The van der Waals surface area contributed by atoms with Crippen molar-refractivity contribution in [3.05, 3.63) is 22.8 Å². The summed E-state index contributed by atoms with van der Waals surface area (Å²) in [6.45, 7) is 9.11. The quantitative estimate of drug-likeness (QED) is 0.669. The van der Waals surface area contributed by atoms with Crippen molar-refractivity contribution in [2.75, 3.05) is 6.61 Å². The number of allylic oxidation sites excluding steroid dienone is 2. The first-order chi connectivity index (χ1) is 11.2. The summed E-state index contributed by atoms with van der Waals surface area (Å²) in [4.78, 5) is 0. The van der Waals surface area contributed by atoms with E-state index < -0.39 is 17.5 Å². The molecule has 0 saturated carbocycles. The summed E-state index contributed by atoms with van der Waals surface area (Å²) in [6, 6.07) is 0. The highest BCUT2D eigenvalue weighted by molar-refractivity contribution is 5.41. The molecule has 0 amide bonds. The zero-order valence-corrected chi connectivity index (χ0v) is 15.3. The minimum Gasteiger partial charge on any atom is -0.384 e. The highest BCUT2D eigenvalue weighted by Crippen LogP contribution is 2.58. The van der Waals surface area contributed by atoms with E-state index >= 15 is 0 Å². The monoisotopic (exact) mass is 334 g/mol. The van der Waals surface area contributed by atoms with Gasteiger partial charge in [-0.15, -0.1) is 0 Å². The van der Waals surface area contributed by atoms with E-state index in [0.29, 0.717) is 18.9 Å². The number of aliphatic hydroxyl groups is 2. The fourth-order valence-electron chi connectivity index (χ4n) is 5.34. The second-order valence-electron chi connectivity index (χ2n) is 8.84. The van der Waals surface area contributed by atoms with Crippen molar-refractivity contribution in [3.63, 3.8) is 0 Å². The Balaban J connectivity index is 1.90. The first kappa shape index (κ1) is 16.8. The number of rotatable bonds is 0. The van der Waals surface area contributed by atoms with E-state index in [4.69, 9.17) is 9.47 Å². The second-order valence-corrected chi connectivity index (χ2v) is 8.84. The Morgan fingerprint density at radius 1 is 1.25 bits per heavy atom. The van der Waals surface area contributed by atoms with Crippen LogP contribution < -0.4 is 0 Å². The molecule has 6 rings (SSSR count). The number of hydrogen-bond acceptors (Lipinski definition) is 4. The molecule has 0 aromatic rings. The normalized spacial score (nSPS) is 53.6. The van der Waals surface area contributed by atoms with Gasteiger partial charge < -0.3 is 19.7 Å². The van der Waals surface area contributed by atoms with Crippen LogP contribution in [0, 0.1) is 11.3 Å². The fourth-order valence-corrected chi connectivity index (χ4v) is 5.34. The van der Waals surface area contributed by atoms with E-state index in [2.05, 4.69) is 26.8 Å². The average molecular weight is 334 g/mol. The minimum absolute atomic E-state index is 0.0125. The summed E-state index contributed by atoms with van der Waals surface area (Å²) in [5.74, 6) is -1.12. The molecule has 6 aliphatic rings. The van der Waals surface area contributed by atoms with Crippen molar-refractivity contribution in [1.29, 1.82) is 0 Å². The smallest absolute Gasteiger partial charge is 0.221 e. The largest absolute Gasteiger partial charge is 0.384 e.